The number of fused-ring (bicyclic) bond motifs is 1. The molecule has 2 saturated heterocycles. The summed E-state index contributed by atoms with van der Waals surface area (Å²) in [6.07, 6.45) is 4.58. The molecule has 1 aliphatic carbocycles. The molecule has 0 aromatic rings. The lowest BCUT2D eigenvalue weighted by molar-refractivity contribution is -0.155. The van der Waals surface area contributed by atoms with Crippen LogP contribution in [0.3, 0.4) is 0 Å². The Morgan fingerprint density at radius 1 is 1.05 bits per heavy atom. The van der Waals surface area contributed by atoms with Crippen LogP contribution < -0.4 is 26.8 Å². The maximum absolute atomic E-state index is 13.2. The van der Waals surface area contributed by atoms with Gasteiger partial charge in [0.15, 0.2) is 0 Å². The molecule has 3 fully saturated rings. The lowest BCUT2D eigenvalue weighted by Gasteiger charge is -2.42. The Morgan fingerprint density at radius 2 is 1.77 bits per heavy atom. The lowest BCUT2D eigenvalue weighted by Crippen LogP contribution is -2.64. The predicted octanol–water partition coefficient (Wildman–Crippen LogP) is -1.05. The van der Waals surface area contributed by atoms with E-state index in [4.69, 9.17) is 0 Å². The smallest absolute Gasteiger partial charge is 0.353 e. The number of rotatable bonds is 10. The van der Waals surface area contributed by atoms with Crippen LogP contribution in [0.15, 0.2) is 5.10 Å². The number of nitrogens with zero attached hydrogens (tertiary/aromatic N) is 4. The van der Waals surface area contributed by atoms with Crippen LogP contribution in [0.1, 0.15) is 51.4 Å². The summed E-state index contributed by atoms with van der Waals surface area (Å²) in [5.74, 6) is -1.87. The summed E-state index contributed by atoms with van der Waals surface area (Å²) in [7, 11) is 3.16. The van der Waals surface area contributed by atoms with Crippen LogP contribution in [-0.4, -0.2) is 108 Å². The number of aliphatic carboxylic acids is 1. The van der Waals surface area contributed by atoms with Crippen molar-refractivity contribution >= 4 is 42.0 Å². The summed E-state index contributed by atoms with van der Waals surface area (Å²) < 4.78 is 0. The third-order valence-electron chi connectivity index (χ3n) is 7.40. The minimum absolute atomic E-state index is 0.00190. The molecule has 40 heavy (non-hydrogen) atoms. The average molecular weight is 566 g/mol. The largest absolute Gasteiger partial charge is 0.481 e. The number of carboxylic acid groups (broad SMARTS) is 1. The second kappa shape index (κ2) is 14.4. The van der Waals surface area contributed by atoms with Crippen molar-refractivity contribution in [2.24, 2.45) is 16.9 Å². The van der Waals surface area contributed by atoms with E-state index in [1.807, 2.05) is 0 Å². The quantitative estimate of drug-likeness (QED) is 0.142. The van der Waals surface area contributed by atoms with Crippen LogP contribution in [0.2, 0.25) is 0 Å². The van der Waals surface area contributed by atoms with Gasteiger partial charge in [0.2, 0.25) is 17.7 Å². The summed E-state index contributed by atoms with van der Waals surface area (Å²) in [5.41, 5.74) is 5.00. The number of carbonyl (C=O) groups is 6. The summed E-state index contributed by atoms with van der Waals surface area (Å²) in [4.78, 5) is 74.2. The molecule has 0 unspecified atom stereocenters. The Hall–Kier alpha value is -3.95. The fourth-order valence-corrected chi connectivity index (χ4v) is 5.22. The molecule has 0 aromatic heterocycles. The Kier molecular flexibility index (Phi) is 11.0. The van der Waals surface area contributed by atoms with E-state index >= 15 is 0 Å². The number of hydrazine groups is 2. The molecule has 222 valence electrons. The van der Waals surface area contributed by atoms with E-state index in [9.17, 15) is 33.9 Å². The molecule has 2 aliphatic heterocycles. The summed E-state index contributed by atoms with van der Waals surface area (Å²) >= 11 is 0. The van der Waals surface area contributed by atoms with Crippen molar-refractivity contribution in [3.8, 4) is 0 Å². The van der Waals surface area contributed by atoms with Gasteiger partial charge in [0, 0.05) is 52.3 Å². The van der Waals surface area contributed by atoms with E-state index in [1.165, 1.54) is 17.1 Å². The van der Waals surface area contributed by atoms with Crippen LogP contribution >= 0.6 is 0 Å². The molecule has 3 aliphatic rings. The number of hydrogen-bond acceptors (Lipinski definition) is 8. The minimum atomic E-state index is -1.21. The molecule has 1 saturated carbocycles. The van der Waals surface area contributed by atoms with Gasteiger partial charge in [-0.2, -0.15) is 5.10 Å². The predicted molar refractivity (Wildman–Crippen MR) is 141 cm³/mol. The highest BCUT2D eigenvalue weighted by molar-refractivity contribution is 5.92. The first-order chi connectivity index (χ1) is 19.1. The molecule has 0 aromatic carbocycles. The number of hydrogen-bond donors (Lipinski definition) is 6. The second-order valence-electron chi connectivity index (χ2n) is 10.1. The average Bonchev–Trinajstić information content (AvgIpc) is 3.06. The number of hydrazone groups is 1. The Balaban J connectivity index is 1.54. The maximum Gasteiger partial charge on any atom is 0.353 e. The molecule has 2 atom stereocenters. The molecule has 6 N–H and O–H groups in total. The van der Waals surface area contributed by atoms with Gasteiger partial charge in [-0.25, -0.2) is 30.5 Å². The van der Waals surface area contributed by atoms with Crippen molar-refractivity contribution in [2.75, 3.05) is 33.7 Å². The topological polar surface area (TPSA) is 205 Å². The van der Waals surface area contributed by atoms with Gasteiger partial charge in [-0.05, 0) is 44.4 Å². The van der Waals surface area contributed by atoms with Crippen molar-refractivity contribution in [3.05, 3.63) is 0 Å². The zero-order valence-electron chi connectivity index (χ0n) is 22.9. The van der Waals surface area contributed by atoms with Crippen LogP contribution in [0.25, 0.3) is 0 Å². The molecule has 0 spiro atoms. The van der Waals surface area contributed by atoms with Crippen molar-refractivity contribution in [2.45, 2.75) is 63.5 Å². The summed E-state index contributed by atoms with van der Waals surface area (Å²) in [6.45, 7) is 0.844. The van der Waals surface area contributed by atoms with Crippen molar-refractivity contribution in [3.63, 3.8) is 0 Å². The van der Waals surface area contributed by atoms with Gasteiger partial charge in [-0.3, -0.25) is 24.2 Å². The lowest BCUT2D eigenvalue weighted by atomic mass is 9.81. The van der Waals surface area contributed by atoms with Gasteiger partial charge < -0.3 is 21.1 Å². The van der Waals surface area contributed by atoms with Crippen LogP contribution in [0.5, 0.6) is 0 Å². The summed E-state index contributed by atoms with van der Waals surface area (Å²) in [5, 5.41) is 24.7. The normalized spacial score (nSPS) is 24.1. The van der Waals surface area contributed by atoms with Gasteiger partial charge >= 0.3 is 18.0 Å². The van der Waals surface area contributed by atoms with Crippen molar-refractivity contribution in [1.82, 2.24) is 41.8 Å². The number of urea groups is 2. The first-order valence-electron chi connectivity index (χ1n) is 13.5. The van der Waals surface area contributed by atoms with E-state index < -0.39 is 42.4 Å². The Bertz CT molecular complexity index is 999. The Morgan fingerprint density at radius 3 is 2.42 bits per heavy atom. The number of amides is 7. The highest BCUT2D eigenvalue weighted by atomic mass is 16.4. The van der Waals surface area contributed by atoms with Crippen molar-refractivity contribution in [1.29, 1.82) is 0 Å². The van der Waals surface area contributed by atoms with Gasteiger partial charge in [0.1, 0.15) is 6.04 Å². The van der Waals surface area contributed by atoms with E-state index in [1.54, 1.807) is 7.05 Å². The maximum atomic E-state index is 13.2. The first-order valence-corrected chi connectivity index (χ1v) is 13.5. The number of nitrogens with one attached hydrogen (secondary N) is 5. The molecule has 16 nitrogen and oxygen atoms in total. The molecular weight excluding hydrogens is 526 g/mol. The Labute approximate surface area is 232 Å². The van der Waals surface area contributed by atoms with Crippen molar-refractivity contribution < 1.29 is 33.9 Å². The van der Waals surface area contributed by atoms with Crippen LogP contribution in [0.4, 0.5) is 9.59 Å². The highest BCUT2D eigenvalue weighted by Gasteiger charge is 2.43. The fraction of sp³-hybridized carbons (Fsp3) is 0.708. The molecule has 16 heteroatoms. The third-order valence-corrected chi connectivity index (χ3v) is 7.40. The van der Waals surface area contributed by atoms with E-state index in [-0.39, 0.29) is 43.0 Å². The fourth-order valence-electron chi connectivity index (χ4n) is 5.22. The molecule has 2 heterocycles. The third kappa shape index (κ3) is 8.03. The van der Waals surface area contributed by atoms with Crippen LogP contribution in [-0.2, 0) is 19.2 Å². The SMILES string of the molecule is CNC(=O)C1CCC(CNC(=O)N/N=C/[C@H](CC(=O)O)NC(=O)[C@@H]2CCCN3C(=O)CCN(NC)C(=O)N23)CC1. The van der Waals surface area contributed by atoms with Crippen LogP contribution in [0, 0.1) is 11.8 Å². The summed E-state index contributed by atoms with van der Waals surface area (Å²) in [6, 6.07) is -3.26. The van der Waals surface area contributed by atoms with Gasteiger partial charge in [-0.1, -0.05) is 0 Å². The number of carbonyl (C=O) groups excluding carboxylic acids is 5. The van der Waals surface area contributed by atoms with Gasteiger partial charge in [0.25, 0.3) is 0 Å². The molecule has 0 radical (unpaired) electrons. The highest BCUT2D eigenvalue weighted by Crippen LogP contribution is 2.28. The molecule has 3 rings (SSSR count). The van der Waals surface area contributed by atoms with E-state index in [0.717, 1.165) is 36.9 Å². The monoisotopic (exact) mass is 565 g/mol. The van der Waals surface area contributed by atoms with E-state index in [0.29, 0.717) is 19.5 Å². The molecule has 7 amide bonds. The first kappa shape index (κ1) is 30.6. The number of carboxylic acids is 1. The van der Waals surface area contributed by atoms with Gasteiger partial charge in [0.05, 0.1) is 12.5 Å². The zero-order valence-corrected chi connectivity index (χ0v) is 22.9. The zero-order chi connectivity index (χ0) is 29.2. The van der Waals surface area contributed by atoms with E-state index in [2.05, 4.69) is 31.9 Å². The second-order valence-corrected chi connectivity index (χ2v) is 10.1. The molecular formula is C24H39N9O7. The molecule has 0 bridgehead atoms. The minimum Gasteiger partial charge on any atom is -0.481 e. The van der Waals surface area contributed by atoms with Gasteiger partial charge in [-0.15, -0.1) is 0 Å². The standard InChI is InChI=1S/C24H39N9O7/c1-25-21(37)16-7-5-15(6-8-16)13-27-23(39)30-28-14-17(12-20(35)36)29-22(38)18-4-3-10-32-19(34)9-11-31(26-2)24(40)33(18)32/h14-18,26H,3-13H2,1-2H3,(H,25,37)(H,29,38)(H,35,36)(H2,27,30,39)/b28-14+/t15?,16?,17-,18-/m0/s1.